The van der Waals surface area contributed by atoms with Gasteiger partial charge >= 0.3 is 0 Å². The fourth-order valence-corrected chi connectivity index (χ4v) is 3.42. The third kappa shape index (κ3) is 5.03. The second-order valence-electron chi connectivity index (χ2n) is 5.78. The van der Waals surface area contributed by atoms with Crippen molar-refractivity contribution in [2.45, 2.75) is 18.2 Å². The first kappa shape index (κ1) is 19.9. The minimum atomic E-state index is -4.02. The Hall–Kier alpha value is -2.45. The van der Waals surface area contributed by atoms with Gasteiger partial charge in [0.05, 0.1) is 10.6 Å². The summed E-state index contributed by atoms with van der Waals surface area (Å²) in [6.45, 7) is 2.97. The summed E-state index contributed by atoms with van der Waals surface area (Å²) in [5, 5.41) is 5.74. The lowest BCUT2D eigenvalue weighted by Gasteiger charge is -2.12. The first-order chi connectivity index (χ1) is 12.3. The van der Waals surface area contributed by atoms with Gasteiger partial charge in [-0.25, -0.2) is 12.8 Å². The second kappa shape index (κ2) is 8.77. The highest BCUT2D eigenvalue weighted by Crippen LogP contribution is 2.21. The van der Waals surface area contributed by atoms with E-state index in [4.69, 9.17) is 0 Å². The molecule has 0 fully saturated rings. The van der Waals surface area contributed by atoms with Gasteiger partial charge in [0.15, 0.2) is 0 Å². The molecule has 26 heavy (non-hydrogen) atoms. The summed E-state index contributed by atoms with van der Waals surface area (Å²) in [6.07, 6.45) is 0.758. The van der Waals surface area contributed by atoms with Crippen molar-refractivity contribution in [1.82, 2.24) is 10.6 Å². The summed E-state index contributed by atoms with van der Waals surface area (Å²) in [5.41, 5.74) is 0.776. The smallest absolute Gasteiger partial charge is 0.262 e. The second-order valence-corrected chi connectivity index (χ2v) is 7.46. The summed E-state index contributed by atoms with van der Waals surface area (Å²) < 4.78 is 41.0. The van der Waals surface area contributed by atoms with Crippen molar-refractivity contribution >= 4 is 21.6 Å². The molecule has 0 saturated heterocycles. The van der Waals surface area contributed by atoms with E-state index in [1.165, 1.54) is 30.3 Å². The Bertz CT molecular complexity index is 885. The van der Waals surface area contributed by atoms with Crippen LogP contribution in [0.2, 0.25) is 0 Å². The van der Waals surface area contributed by atoms with Gasteiger partial charge in [0.25, 0.3) is 15.9 Å². The van der Waals surface area contributed by atoms with Crippen LogP contribution in [0.15, 0.2) is 47.4 Å². The SMILES string of the molecule is CNCCCNC(=O)c1cc(S(=O)(=O)Nc2ccccc2F)ccc1C. The van der Waals surface area contributed by atoms with E-state index >= 15 is 0 Å². The predicted molar refractivity (Wildman–Crippen MR) is 99.3 cm³/mol. The van der Waals surface area contributed by atoms with Gasteiger partial charge in [0, 0.05) is 12.1 Å². The number of carbonyl (C=O) groups excluding carboxylic acids is 1. The zero-order valence-electron chi connectivity index (χ0n) is 14.7. The fourth-order valence-electron chi connectivity index (χ4n) is 2.32. The third-order valence-electron chi connectivity index (χ3n) is 3.77. The maximum Gasteiger partial charge on any atom is 0.262 e. The lowest BCUT2D eigenvalue weighted by atomic mass is 10.1. The molecule has 0 heterocycles. The van der Waals surface area contributed by atoms with E-state index < -0.39 is 15.8 Å². The van der Waals surface area contributed by atoms with Gasteiger partial charge in [-0.3, -0.25) is 9.52 Å². The average molecular weight is 379 g/mol. The molecule has 8 heteroatoms. The quantitative estimate of drug-likeness (QED) is 0.614. The molecule has 1 amide bonds. The minimum absolute atomic E-state index is 0.105. The van der Waals surface area contributed by atoms with E-state index in [1.807, 2.05) is 7.05 Å². The Balaban J connectivity index is 2.22. The molecule has 0 radical (unpaired) electrons. The number of nitrogens with one attached hydrogen (secondary N) is 3. The Kier molecular flexibility index (Phi) is 6.70. The lowest BCUT2D eigenvalue weighted by Crippen LogP contribution is -2.27. The van der Waals surface area contributed by atoms with Crippen LogP contribution >= 0.6 is 0 Å². The molecule has 0 aromatic heterocycles. The molecule has 140 valence electrons. The number of amides is 1. The standard InChI is InChI=1S/C18H22FN3O3S/c1-13-8-9-14(12-15(13)18(23)21-11-5-10-20-2)26(24,25)22-17-7-4-3-6-16(17)19/h3-4,6-9,12,20,22H,5,10-11H2,1-2H3,(H,21,23). The highest BCUT2D eigenvalue weighted by molar-refractivity contribution is 7.92. The summed E-state index contributed by atoms with van der Waals surface area (Å²) in [6, 6.07) is 9.73. The van der Waals surface area contributed by atoms with E-state index in [9.17, 15) is 17.6 Å². The minimum Gasteiger partial charge on any atom is -0.352 e. The lowest BCUT2D eigenvalue weighted by molar-refractivity contribution is 0.0952. The monoisotopic (exact) mass is 379 g/mol. The van der Waals surface area contributed by atoms with Gasteiger partial charge in [0.1, 0.15) is 5.82 Å². The molecule has 3 N–H and O–H groups in total. The number of anilines is 1. The van der Waals surface area contributed by atoms with Crippen LogP contribution in [0.3, 0.4) is 0 Å². The van der Waals surface area contributed by atoms with Gasteiger partial charge in [-0.1, -0.05) is 18.2 Å². The van der Waals surface area contributed by atoms with Crippen molar-refractivity contribution in [3.8, 4) is 0 Å². The number of sulfonamides is 1. The molecule has 0 aliphatic heterocycles. The molecule has 0 unspecified atom stereocenters. The van der Waals surface area contributed by atoms with Crippen LogP contribution < -0.4 is 15.4 Å². The van der Waals surface area contributed by atoms with Crippen molar-refractivity contribution < 1.29 is 17.6 Å². The van der Waals surface area contributed by atoms with Gasteiger partial charge < -0.3 is 10.6 Å². The highest BCUT2D eigenvalue weighted by atomic mass is 32.2. The van der Waals surface area contributed by atoms with Crippen LogP contribution in [0, 0.1) is 12.7 Å². The Labute approximate surface area is 152 Å². The molecule has 0 aliphatic rings. The maximum atomic E-state index is 13.7. The van der Waals surface area contributed by atoms with Gasteiger partial charge in [0.2, 0.25) is 0 Å². The number of carbonyl (C=O) groups is 1. The molecule has 6 nitrogen and oxygen atoms in total. The van der Waals surface area contributed by atoms with E-state index in [2.05, 4.69) is 15.4 Å². The zero-order chi connectivity index (χ0) is 19.2. The van der Waals surface area contributed by atoms with E-state index in [1.54, 1.807) is 13.0 Å². The van der Waals surface area contributed by atoms with E-state index in [0.29, 0.717) is 12.1 Å². The van der Waals surface area contributed by atoms with Crippen LogP contribution in [0.1, 0.15) is 22.3 Å². The largest absolute Gasteiger partial charge is 0.352 e. The van der Waals surface area contributed by atoms with Gasteiger partial charge in [-0.15, -0.1) is 0 Å². The summed E-state index contributed by atoms with van der Waals surface area (Å²) in [4.78, 5) is 12.2. The number of aryl methyl sites for hydroxylation is 1. The number of halogens is 1. The summed E-state index contributed by atoms with van der Waals surface area (Å²) in [7, 11) is -2.20. The maximum absolute atomic E-state index is 13.7. The fraction of sp³-hybridized carbons (Fsp3) is 0.278. The van der Waals surface area contributed by atoms with Crippen LogP contribution in [-0.4, -0.2) is 34.5 Å². The number of hydrogen-bond donors (Lipinski definition) is 3. The summed E-state index contributed by atoms with van der Waals surface area (Å²) in [5.74, 6) is -1.02. The molecule has 0 spiro atoms. The van der Waals surface area contributed by atoms with Crippen molar-refractivity contribution in [1.29, 1.82) is 0 Å². The number of rotatable bonds is 8. The number of hydrogen-bond acceptors (Lipinski definition) is 4. The molecule has 0 atom stereocenters. The molecule has 2 rings (SSSR count). The molecular formula is C18H22FN3O3S. The first-order valence-corrected chi connectivity index (χ1v) is 9.64. The molecule has 0 saturated carbocycles. The molecule has 0 aliphatic carbocycles. The normalized spacial score (nSPS) is 11.2. The molecule has 2 aromatic carbocycles. The van der Waals surface area contributed by atoms with E-state index in [0.717, 1.165) is 19.0 Å². The Morgan fingerprint density at radius 2 is 1.85 bits per heavy atom. The predicted octanol–water partition coefficient (Wildman–Crippen LogP) is 2.27. The summed E-state index contributed by atoms with van der Waals surface area (Å²) >= 11 is 0. The molecule has 2 aromatic rings. The number of para-hydroxylation sites is 1. The van der Waals surface area contributed by atoms with Crippen LogP contribution in [0.25, 0.3) is 0 Å². The molecular weight excluding hydrogens is 357 g/mol. The van der Waals surface area contributed by atoms with Crippen LogP contribution in [0.4, 0.5) is 10.1 Å². The van der Waals surface area contributed by atoms with E-state index in [-0.39, 0.29) is 22.1 Å². The van der Waals surface area contributed by atoms with Crippen LogP contribution in [-0.2, 0) is 10.0 Å². The highest BCUT2D eigenvalue weighted by Gasteiger charge is 2.19. The third-order valence-corrected chi connectivity index (χ3v) is 5.13. The van der Waals surface area contributed by atoms with Crippen molar-refractivity contribution in [2.24, 2.45) is 0 Å². The van der Waals surface area contributed by atoms with Crippen molar-refractivity contribution in [2.75, 3.05) is 24.9 Å². The van der Waals surface area contributed by atoms with Crippen molar-refractivity contribution in [3.63, 3.8) is 0 Å². The van der Waals surface area contributed by atoms with Gasteiger partial charge in [-0.2, -0.15) is 0 Å². The first-order valence-electron chi connectivity index (χ1n) is 8.16. The Morgan fingerprint density at radius 1 is 1.12 bits per heavy atom. The zero-order valence-corrected chi connectivity index (χ0v) is 15.5. The Morgan fingerprint density at radius 3 is 2.54 bits per heavy atom. The van der Waals surface area contributed by atoms with Gasteiger partial charge in [-0.05, 0) is 56.8 Å². The topological polar surface area (TPSA) is 87.3 Å². The van der Waals surface area contributed by atoms with Crippen LogP contribution in [0.5, 0.6) is 0 Å². The van der Waals surface area contributed by atoms with Crippen molar-refractivity contribution in [3.05, 3.63) is 59.4 Å². The molecule has 0 bridgehead atoms. The average Bonchev–Trinajstić information content (AvgIpc) is 2.60. The number of benzene rings is 2.